The molecule has 1 aliphatic rings. The van der Waals surface area contributed by atoms with Gasteiger partial charge in [-0.25, -0.2) is 0 Å². The third-order valence-electron chi connectivity index (χ3n) is 3.95. The summed E-state index contributed by atoms with van der Waals surface area (Å²) in [6, 6.07) is 0. The van der Waals surface area contributed by atoms with E-state index in [9.17, 15) is 14.7 Å². The van der Waals surface area contributed by atoms with E-state index >= 15 is 0 Å². The number of aliphatic hydroxyl groups is 1. The summed E-state index contributed by atoms with van der Waals surface area (Å²) in [5, 5.41) is 10.4. The minimum atomic E-state index is -0.680. The first-order valence-corrected chi connectivity index (χ1v) is 6.88. The number of rotatable bonds is 6. The fourth-order valence-electron chi connectivity index (χ4n) is 2.63. The smallest absolute Gasteiger partial charge is 0.308 e. The van der Waals surface area contributed by atoms with Crippen LogP contribution in [0.5, 0.6) is 0 Å². The molecule has 0 aromatic heterocycles. The van der Waals surface area contributed by atoms with E-state index in [1.807, 2.05) is 0 Å². The standard InChI is InChI=1S/C14H24O5/c1-18-12(15)5-3-4-8-14(17)9-6-11(7-10-14)13(16)19-2/h11,17H,3-10H2,1-2H3/t11-,14+. The average Bonchev–Trinajstić information content (AvgIpc) is 2.43. The van der Waals surface area contributed by atoms with Crippen LogP contribution in [0.3, 0.4) is 0 Å². The molecule has 0 amide bonds. The highest BCUT2D eigenvalue weighted by Crippen LogP contribution is 2.36. The number of esters is 2. The van der Waals surface area contributed by atoms with Gasteiger partial charge in [0.2, 0.25) is 0 Å². The Balaban J connectivity index is 2.24. The molecule has 0 atom stereocenters. The van der Waals surface area contributed by atoms with E-state index in [0.29, 0.717) is 38.5 Å². The molecule has 0 unspecified atom stereocenters. The van der Waals surface area contributed by atoms with Crippen LogP contribution in [-0.4, -0.2) is 36.9 Å². The summed E-state index contributed by atoms with van der Waals surface area (Å²) in [6.45, 7) is 0. The van der Waals surface area contributed by atoms with Gasteiger partial charge in [0, 0.05) is 6.42 Å². The van der Waals surface area contributed by atoms with Crippen LogP contribution in [0.2, 0.25) is 0 Å². The lowest BCUT2D eigenvalue weighted by Gasteiger charge is -2.35. The van der Waals surface area contributed by atoms with Gasteiger partial charge >= 0.3 is 11.9 Å². The summed E-state index contributed by atoms with van der Waals surface area (Å²) in [6.07, 6.45) is 5.23. The Hall–Kier alpha value is -1.10. The molecule has 0 heterocycles. The van der Waals surface area contributed by atoms with Gasteiger partial charge in [-0.15, -0.1) is 0 Å². The van der Waals surface area contributed by atoms with Gasteiger partial charge in [0.05, 0.1) is 25.7 Å². The third kappa shape index (κ3) is 5.19. The predicted octanol–water partition coefficient (Wildman–Crippen LogP) is 1.81. The molecular weight excluding hydrogens is 248 g/mol. The maximum atomic E-state index is 11.4. The molecule has 5 heteroatoms. The molecule has 1 saturated carbocycles. The van der Waals surface area contributed by atoms with E-state index in [1.165, 1.54) is 14.2 Å². The maximum Gasteiger partial charge on any atom is 0.308 e. The molecule has 0 saturated heterocycles. The molecule has 1 rings (SSSR count). The van der Waals surface area contributed by atoms with Crippen LogP contribution in [0.4, 0.5) is 0 Å². The fraction of sp³-hybridized carbons (Fsp3) is 0.857. The molecule has 0 bridgehead atoms. The van der Waals surface area contributed by atoms with Crippen molar-refractivity contribution in [3.63, 3.8) is 0 Å². The van der Waals surface area contributed by atoms with Crippen molar-refractivity contribution in [2.75, 3.05) is 14.2 Å². The van der Waals surface area contributed by atoms with Gasteiger partial charge in [-0.3, -0.25) is 9.59 Å². The van der Waals surface area contributed by atoms with E-state index in [4.69, 9.17) is 4.74 Å². The highest BCUT2D eigenvalue weighted by molar-refractivity contribution is 5.72. The molecule has 110 valence electrons. The van der Waals surface area contributed by atoms with Gasteiger partial charge < -0.3 is 14.6 Å². The number of carbonyl (C=O) groups is 2. The van der Waals surface area contributed by atoms with Crippen LogP contribution in [0.1, 0.15) is 51.4 Å². The van der Waals surface area contributed by atoms with Crippen molar-refractivity contribution >= 4 is 11.9 Å². The molecule has 0 aliphatic heterocycles. The van der Waals surface area contributed by atoms with E-state index < -0.39 is 5.60 Å². The number of ether oxygens (including phenoxy) is 2. The molecule has 1 aliphatic carbocycles. The van der Waals surface area contributed by atoms with Crippen molar-refractivity contribution in [3.05, 3.63) is 0 Å². The fourth-order valence-corrected chi connectivity index (χ4v) is 2.63. The Kier molecular flexibility index (Phi) is 6.28. The molecule has 0 aromatic carbocycles. The van der Waals surface area contributed by atoms with Crippen LogP contribution in [0.25, 0.3) is 0 Å². The molecule has 1 fully saturated rings. The number of hydrogen-bond donors (Lipinski definition) is 1. The highest BCUT2D eigenvalue weighted by atomic mass is 16.5. The zero-order valence-corrected chi connectivity index (χ0v) is 11.8. The number of carbonyl (C=O) groups excluding carboxylic acids is 2. The molecular formula is C14H24O5. The lowest BCUT2D eigenvalue weighted by atomic mass is 9.76. The lowest BCUT2D eigenvalue weighted by Crippen LogP contribution is -2.36. The highest BCUT2D eigenvalue weighted by Gasteiger charge is 2.35. The third-order valence-corrected chi connectivity index (χ3v) is 3.95. The van der Waals surface area contributed by atoms with Crippen LogP contribution in [-0.2, 0) is 19.1 Å². The number of hydrogen-bond acceptors (Lipinski definition) is 5. The Morgan fingerprint density at radius 1 is 1.16 bits per heavy atom. The molecule has 1 N–H and O–H groups in total. The van der Waals surface area contributed by atoms with E-state index in [0.717, 1.165) is 12.8 Å². The van der Waals surface area contributed by atoms with E-state index in [2.05, 4.69) is 4.74 Å². The van der Waals surface area contributed by atoms with Crippen molar-refractivity contribution in [1.29, 1.82) is 0 Å². The predicted molar refractivity (Wildman–Crippen MR) is 69.4 cm³/mol. The molecule has 5 nitrogen and oxygen atoms in total. The van der Waals surface area contributed by atoms with Crippen molar-refractivity contribution in [2.24, 2.45) is 5.92 Å². The number of methoxy groups -OCH3 is 2. The van der Waals surface area contributed by atoms with Gasteiger partial charge in [-0.05, 0) is 38.5 Å². The second-order valence-electron chi connectivity index (χ2n) is 5.31. The van der Waals surface area contributed by atoms with Crippen LogP contribution >= 0.6 is 0 Å². The largest absolute Gasteiger partial charge is 0.469 e. The first kappa shape index (κ1) is 16.0. The summed E-state index contributed by atoms with van der Waals surface area (Å²) in [4.78, 5) is 22.3. The first-order valence-electron chi connectivity index (χ1n) is 6.88. The van der Waals surface area contributed by atoms with Crippen LogP contribution in [0.15, 0.2) is 0 Å². The minimum Gasteiger partial charge on any atom is -0.469 e. The SMILES string of the molecule is COC(=O)CCCC[C@]1(O)CC[C@@H](C(=O)OC)CC1. The second-order valence-corrected chi connectivity index (χ2v) is 5.31. The van der Waals surface area contributed by atoms with Gasteiger partial charge in [0.15, 0.2) is 0 Å². The van der Waals surface area contributed by atoms with E-state index in [-0.39, 0.29) is 17.9 Å². The van der Waals surface area contributed by atoms with Gasteiger partial charge in [-0.1, -0.05) is 6.42 Å². The molecule has 0 spiro atoms. The second kappa shape index (κ2) is 7.48. The Bertz CT molecular complexity index is 305. The van der Waals surface area contributed by atoms with Crippen molar-refractivity contribution in [1.82, 2.24) is 0 Å². The van der Waals surface area contributed by atoms with Gasteiger partial charge in [-0.2, -0.15) is 0 Å². The lowest BCUT2D eigenvalue weighted by molar-refractivity contribution is -0.148. The quantitative estimate of drug-likeness (QED) is 0.589. The summed E-state index contributed by atoms with van der Waals surface area (Å²) in [7, 11) is 2.78. The Morgan fingerprint density at radius 3 is 2.32 bits per heavy atom. The monoisotopic (exact) mass is 272 g/mol. The summed E-state index contributed by atoms with van der Waals surface area (Å²) < 4.78 is 9.29. The van der Waals surface area contributed by atoms with Crippen LogP contribution < -0.4 is 0 Å². The summed E-state index contributed by atoms with van der Waals surface area (Å²) >= 11 is 0. The summed E-state index contributed by atoms with van der Waals surface area (Å²) in [5.74, 6) is -0.450. The Labute approximate surface area is 114 Å². The molecule has 0 radical (unpaired) electrons. The zero-order chi connectivity index (χ0) is 14.3. The average molecular weight is 272 g/mol. The summed E-state index contributed by atoms with van der Waals surface area (Å²) in [5.41, 5.74) is -0.680. The minimum absolute atomic E-state index is 0.0691. The van der Waals surface area contributed by atoms with E-state index in [1.54, 1.807) is 0 Å². The van der Waals surface area contributed by atoms with Gasteiger partial charge in [0.25, 0.3) is 0 Å². The van der Waals surface area contributed by atoms with Crippen molar-refractivity contribution < 1.29 is 24.2 Å². The maximum absolute atomic E-state index is 11.4. The molecule has 19 heavy (non-hydrogen) atoms. The van der Waals surface area contributed by atoms with Crippen molar-refractivity contribution in [2.45, 2.75) is 57.0 Å². The zero-order valence-electron chi connectivity index (χ0n) is 11.8. The Morgan fingerprint density at radius 2 is 1.79 bits per heavy atom. The van der Waals surface area contributed by atoms with Crippen molar-refractivity contribution in [3.8, 4) is 0 Å². The first-order chi connectivity index (χ1) is 9.00. The van der Waals surface area contributed by atoms with Gasteiger partial charge in [0.1, 0.15) is 0 Å². The molecule has 0 aromatic rings. The normalized spacial score (nSPS) is 26.8. The number of unbranched alkanes of at least 4 members (excludes halogenated alkanes) is 1. The topological polar surface area (TPSA) is 72.8 Å². The van der Waals surface area contributed by atoms with Crippen LogP contribution in [0, 0.1) is 5.92 Å².